The van der Waals surface area contributed by atoms with Crippen LogP contribution in [-0.2, 0) is 13.1 Å². The molecule has 0 unspecified atom stereocenters. The van der Waals surface area contributed by atoms with Gasteiger partial charge in [0.15, 0.2) is 23.0 Å². The lowest BCUT2D eigenvalue weighted by molar-refractivity contribution is 0.249. The first kappa shape index (κ1) is 52.1. The predicted molar refractivity (Wildman–Crippen MR) is 255 cm³/mol. The predicted octanol–water partition coefficient (Wildman–Crippen LogP) is 5.97. The Bertz CT molecular complexity index is 2100. The van der Waals surface area contributed by atoms with Crippen molar-refractivity contribution >= 4 is 95.0 Å². The zero-order valence-corrected chi connectivity index (χ0v) is 37.9. The second-order valence-corrected chi connectivity index (χ2v) is 13.8. The number of hydrogen-bond acceptors (Lipinski definition) is 14. The number of methoxy groups -OCH3 is 4. The Hall–Kier alpha value is -5.00. The molecule has 0 bridgehead atoms. The van der Waals surface area contributed by atoms with Crippen molar-refractivity contribution in [2.45, 2.75) is 13.1 Å². The molecule has 2 aliphatic heterocycles. The van der Waals surface area contributed by atoms with Gasteiger partial charge >= 0.3 is 0 Å². The van der Waals surface area contributed by atoms with Gasteiger partial charge in [0.1, 0.15) is 11.6 Å². The van der Waals surface area contributed by atoms with Gasteiger partial charge in [0, 0.05) is 88.4 Å². The van der Waals surface area contributed by atoms with Gasteiger partial charge in [0.2, 0.25) is 11.9 Å². The molecule has 2 aromatic heterocycles. The van der Waals surface area contributed by atoms with Gasteiger partial charge < -0.3 is 45.7 Å². The average molecular weight is 923 g/mol. The molecule has 0 amide bonds. The zero-order valence-electron chi connectivity index (χ0n) is 34.7. The van der Waals surface area contributed by atoms with E-state index in [0.717, 1.165) is 87.3 Å². The molecular formula is C42H56Cl4N10O5. The molecule has 2 saturated heterocycles. The normalized spacial score (nSPS) is 13.8. The van der Waals surface area contributed by atoms with Crippen LogP contribution in [-0.4, -0.2) is 116 Å². The Morgan fingerprint density at radius 1 is 0.459 bits per heavy atom. The molecule has 4 heterocycles. The molecule has 4 aromatic carbocycles. The third-order valence-electron chi connectivity index (χ3n) is 10.2. The summed E-state index contributed by atoms with van der Waals surface area (Å²) >= 11 is 0. The van der Waals surface area contributed by atoms with Crippen LogP contribution in [0.25, 0.3) is 21.8 Å². The second kappa shape index (κ2) is 24.4. The van der Waals surface area contributed by atoms with Crippen LogP contribution in [0.4, 0.5) is 23.5 Å². The number of ether oxygens (including phenoxy) is 4. The number of fused-ring (bicyclic) bond motifs is 2. The number of rotatable bonds is 10. The standard InChI is InChI=1S/2C21H25N5O2.4ClH.H2O/c2*1-27-18-12-16-17(13-19(18)28-2)23-21(24-20(16)22)26-10-8-25(9-11-26)14-15-6-4-3-5-7-15;;;;;/h2*3-7,12-13H,8-11,14H2,1-2H3,(H2,22,23,24);4*1H;1H2. The van der Waals surface area contributed by atoms with Gasteiger partial charge in [-0.05, 0) is 23.3 Å². The minimum Gasteiger partial charge on any atom is -0.493 e. The van der Waals surface area contributed by atoms with E-state index in [1.165, 1.54) is 11.1 Å². The van der Waals surface area contributed by atoms with Crippen molar-refractivity contribution in [1.82, 2.24) is 29.7 Å². The van der Waals surface area contributed by atoms with E-state index in [0.29, 0.717) is 46.5 Å². The molecule has 6 aromatic rings. The number of nitrogens with two attached hydrogens (primary N) is 2. The van der Waals surface area contributed by atoms with E-state index in [1.807, 2.05) is 36.4 Å². The Morgan fingerprint density at radius 3 is 1.08 bits per heavy atom. The van der Waals surface area contributed by atoms with Gasteiger partial charge in [-0.2, -0.15) is 9.97 Å². The molecule has 19 heteroatoms. The Balaban J connectivity index is 0.000000388. The highest BCUT2D eigenvalue weighted by Crippen LogP contribution is 2.35. The molecule has 2 fully saturated rings. The molecule has 332 valence electrons. The molecule has 61 heavy (non-hydrogen) atoms. The summed E-state index contributed by atoms with van der Waals surface area (Å²) < 4.78 is 21.5. The summed E-state index contributed by atoms with van der Waals surface area (Å²) in [7, 11) is 6.43. The van der Waals surface area contributed by atoms with Gasteiger partial charge in [-0.3, -0.25) is 9.80 Å². The minimum atomic E-state index is 0. The molecular weight excluding hydrogens is 866 g/mol. The molecule has 0 saturated carbocycles. The molecule has 0 radical (unpaired) electrons. The molecule has 6 N–H and O–H groups in total. The Labute approximate surface area is 381 Å². The van der Waals surface area contributed by atoms with Crippen LogP contribution in [0.2, 0.25) is 0 Å². The molecule has 15 nitrogen and oxygen atoms in total. The quantitative estimate of drug-likeness (QED) is 0.164. The molecule has 0 spiro atoms. The Morgan fingerprint density at radius 2 is 0.770 bits per heavy atom. The molecule has 8 rings (SSSR count). The summed E-state index contributed by atoms with van der Waals surface area (Å²) in [6, 6.07) is 28.5. The van der Waals surface area contributed by atoms with Gasteiger partial charge in [0.25, 0.3) is 0 Å². The number of nitrogen functional groups attached to an aromatic ring is 2. The first-order chi connectivity index (χ1) is 27.3. The maximum Gasteiger partial charge on any atom is 0.227 e. The van der Waals surface area contributed by atoms with Crippen LogP contribution in [0.3, 0.4) is 0 Å². The minimum absolute atomic E-state index is 0. The highest BCUT2D eigenvalue weighted by Gasteiger charge is 2.23. The van der Waals surface area contributed by atoms with Crippen LogP contribution in [0.1, 0.15) is 11.1 Å². The van der Waals surface area contributed by atoms with Crippen molar-refractivity contribution in [2.24, 2.45) is 0 Å². The van der Waals surface area contributed by atoms with E-state index in [-0.39, 0.29) is 55.1 Å². The molecule has 0 aliphatic carbocycles. The van der Waals surface area contributed by atoms with Crippen LogP contribution in [0, 0.1) is 0 Å². The number of piperazine rings is 2. The monoisotopic (exact) mass is 920 g/mol. The van der Waals surface area contributed by atoms with Crippen molar-refractivity contribution < 1.29 is 24.4 Å². The van der Waals surface area contributed by atoms with Gasteiger partial charge in [-0.15, -0.1) is 49.6 Å². The fraction of sp³-hybridized carbons (Fsp3) is 0.333. The van der Waals surface area contributed by atoms with E-state index < -0.39 is 0 Å². The number of benzene rings is 4. The summed E-state index contributed by atoms with van der Waals surface area (Å²) in [5, 5.41) is 1.54. The van der Waals surface area contributed by atoms with E-state index in [2.05, 4.69) is 78.1 Å². The zero-order chi connectivity index (χ0) is 39.0. The van der Waals surface area contributed by atoms with E-state index in [9.17, 15) is 0 Å². The van der Waals surface area contributed by atoms with Gasteiger partial charge in [0.05, 0.1) is 39.5 Å². The second-order valence-electron chi connectivity index (χ2n) is 13.8. The van der Waals surface area contributed by atoms with Crippen molar-refractivity contribution in [1.29, 1.82) is 0 Å². The van der Waals surface area contributed by atoms with E-state index >= 15 is 0 Å². The van der Waals surface area contributed by atoms with E-state index in [1.54, 1.807) is 28.4 Å². The summed E-state index contributed by atoms with van der Waals surface area (Å²) in [5.74, 6) is 4.73. The van der Waals surface area contributed by atoms with Gasteiger partial charge in [-0.1, -0.05) is 60.7 Å². The van der Waals surface area contributed by atoms with Crippen molar-refractivity contribution in [3.05, 3.63) is 96.1 Å². The average Bonchev–Trinajstić information content (AvgIpc) is 3.24. The lowest BCUT2D eigenvalue weighted by Crippen LogP contribution is -2.46. The lowest BCUT2D eigenvalue weighted by atomic mass is 10.2. The molecule has 2 aliphatic rings. The van der Waals surface area contributed by atoms with Crippen LogP contribution < -0.4 is 40.2 Å². The third-order valence-corrected chi connectivity index (χ3v) is 10.2. The van der Waals surface area contributed by atoms with Crippen molar-refractivity contribution in [3.63, 3.8) is 0 Å². The number of nitrogens with zero attached hydrogens (tertiary/aromatic N) is 8. The topological polar surface area (TPSA) is 185 Å². The first-order valence-electron chi connectivity index (χ1n) is 18.8. The highest BCUT2D eigenvalue weighted by atomic mass is 35.5. The number of anilines is 4. The maximum atomic E-state index is 6.22. The molecule has 0 atom stereocenters. The number of aromatic nitrogens is 4. The van der Waals surface area contributed by atoms with Crippen LogP contribution >= 0.6 is 49.6 Å². The summed E-state index contributed by atoms with van der Waals surface area (Å²) in [6.45, 7) is 9.24. The van der Waals surface area contributed by atoms with Crippen molar-refractivity contribution in [3.8, 4) is 23.0 Å². The fourth-order valence-electron chi connectivity index (χ4n) is 7.11. The fourth-order valence-corrected chi connectivity index (χ4v) is 7.11. The smallest absolute Gasteiger partial charge is 0.227 e. The van der Waals surface area contributed by atoms with Gasteiger partial charge in [-0.25, -0.2) is 9.97 Å². The maximum absolute atomic E-state index is 6.22. The summed E-state index contributed by atoms with van der Waals surface area (Å²) in [4.78, 5) is 27.8. The SMILES string of the molecule is COc1cc2nc(N3CCN(Cc4ccccc4)CC3)nc(N)c2cc1OC.COc1cc2nc(N3CCN(Cc4ccccc4)CC3)nc(N)c2cc1OC.Cl.Cl.Cl.Cl.O. The highest BCUT2D eigenvalue weighted by molar-refractivity contribution is 5.92. The number of halogens is 4. The van der Waals surface area contributed by atoms with E-state index in [4.69, 9.17) is 40.4 Å². The number of hydrogen-bond donors (Lipinski definition) is 2. The summed E-state index contributed by atoms with van der Waals surface area (Å²) in [6.07, 6.45) is 0. The summed E-state index contributed by atoms with van der Waals surface area (Å²) in [5.41, 5.74) is 16.6. The lowest BCUT2D eigenvalue weighted by Gasteiger charge is -2.34. The van der Waals surface area contributed by atoms with Crippen LogP contribution in [0.5, 0.6) is 23.0 Å². The largest absolute Gasteiger partial charge is 0.493 e. The van der Waals surface area contributed by atoms with Crippen molar-refractivity contribution in [2.75, 3.05) is 102 Å². The van der Waals surface area contributed by atoms with Crippen LogP contribution in [0.15, 0.2) is 84.9 Å². The Kier molecular flexibility index (Phi) is 20.9. The third kappa shape index (κ3) is 12.5. The first-order valence-corrected chi connectivity index (χ1v) is 18.8.